The molecule has 3 rings (SSSR count). The van der Waals surface area contributed by atoms with Crippen LogP contribution in [0.25, 0.3) is 0 Å². The Kier molecular flexibility index (Phi) is 3.31. The maximum absolute atomic E-state index is 12.3. The van der Waals surface area contributed by atoms with E-state index in [2.05, 4.69) is 10.2 Å². The van der Waals surface area contributed by atoms with Gasteiger partial charge in [0.25, 0.3) is 0 Å². The number of rotatable bonds is 3. The fourth-order valence-corrected chi connectivity index (χ4v) is 3.32. The summed E-state index contributed by atoms with van der Waals surface area (Å²) in [6, 6.07) is 0. The predicted octanol–water partition coefficient (Wildman–Crippen LogP) is 1.84. The zero-order valence-electron chi connectivity index (χ0n) is 11.7. The Morgan fingerprint density at radius 3 is 2.25 bits per heavy atom. The topological polar surface area (TPSA) is 76.3 Å². The minimum absolute atomic E-state index is 0.0614. The van der Waals surface area contributed by atoms with Crippen molar-refractivity contribution < 1.29 is 14.0 Å². The summed E-state index contributed by atoms with van der Waals surface area (Å²) in [5, 5.41) is 7.73. The van der Waals surface area contributed by atoms with E-state index < -0.39 is 0 Å². The standard InChI is InChI=1S/C14H19N3O3/c1-2-10-15-16-11(20-10)9-17-12(18)7-14(8-13(17)19)5-3-4-6-14/h2-9H2,1H3. The molecule has 6 nitrogen and oxygen atoms in total. The van der Waals surface area contributed by atoms with Gasteiger partial charge in [0.1, 0.15) is 6.54 Å². The molecule has 0 aromatic carbocycles. The van der Waals surface area contributed by atoms with E-state index in [1.807, 2.05) is 6.92 Å². The molecular weight excluding hydrogens is 258 g/mol. The van der Waals surface area contributed by atoms with Gasteiger partial charge >= 0.3 is 0 Å². The average molecular weight is 277 g/mol. The Morgan fingerprint density at radius 2 is 1.70 bits per heavy atom. The normalized spacial score (nSPS) is 21.9. The van der Waals surface area contributed by atoms with Crippen LogP contribution >= 0.6 is 0 Å². The highest BCUT2D eigenvalue weighted by Crippen LogP contribution is 2.47. The number of imide groups is 1. The minimum Gasteiger partial charge on any atom is -0.423 e. The number of likely N-dealkylation sites (tertiary alicyclic amines) is 1. The summed E-state index contributed by atoms with van der Waals surface area (Å²) in [6.45, 7) is 2.03. The van der Waals surface area contributed by atoms with E-state index in [9.17, 15) is 9.59 Å². The number of aryl methyl sites for hydroxylation is 1. The van der Waals surface area contributed by atoms with Crippen molar-refractivity contribution in [3.8, 4) is 0 Å². The van der Waals surface area contributed by atoms with Crippen molar-refractivity contribution in [1.82, 2.24) is 15.1 Å². The molecule has 2 amide bonds. The molecule has 1 spiro atoms. The number of hydrogen-bond donors (Lipinski definition) is 0. The van der Waals surface area contributed by atoms with E-state index in [0.717, 1.165) is 25.7 Å². The van der Waals surface area contributed by atoms with Gasteiger partial charge in [0.15, 0.2) is 0 Å². The van der Waals surface area contributed by atoms with Crippen molar-refractivity contribution >= 4 is 11.8 Å². The van der Waals surface area contributed by atoms with Crippen molar-refractivity contribution in [2.24, 2.45) is 5.41 Å². The number of carbonyl (C=O) groups is 2. The van der Waals surface area contributed by atoms with Crippen LogP contribution in [0.3, 0.4) is 0 Å². The van der Waals surface area contributed by atoms with E-state index in [1.165, 1.54) is 4.90 Å². The molecular formula is C14H19N3O3. The SMILES string of the molecule is CCc1nnc(CN2C(=O)CC3(CCCC3)CC2=O)o1. The first-order valence-corrected chi connectivity index (χ1v) is 7.26. The molecule has 0 bridgehead atoms. The number of hydrogen-bond acceptors (Lipinski definition) is 5. The third-order valence-corrected chi connectivity index (χ3v) is 4.42. The lowest BCUT2D eigenvalue weighted by atomic mass is 9.76. The number of carbonyl (C=O) groups excluding carboxylic acids is 2. The number of aromatic nitrogens is 2. The van der Waals surface area contributed by atoms with Crippen LogP contribution < -0.4 is 0 Å². The first kappa shape index (κ1) is 13.3. The van der Waals surface area contributed by atoms with Crippen LogP contribution in [0, 0.1) is 5.41 Å². The molecule has 2 aliphatic rings. The lowest BCUT2D eigenvalue weighted by Crippen LogP contribution is -2.46. The Bertz CT molecular complexity index is 512. The van der Waals surface area contributed by atoms with Crippen molar-refractivity contribution in [1.29, 1.82) is 0 Å². The lowest BCUT2D eigenvalue weighted by molar-refractivity contribution is -0.154. The highest BCUT2D eigenvalue weighted by atomic mass is 16.4. The molecule has 0 N–H and O–H groups in total. The van der Waals surface area contributed by atoms with Crippen molar-refractivity contribution in [2.75, 3.05) is 0 Å². The van der Waals surface area contributed by atoms with Crippen LogP contribution in [0.2, 0.25) is 0 Å². The highest BCUT2D eigenvalue weighted by molar-refractivity contribution is 5.98. The summed E-state index contributed by atoms with van der Waals surface area (Å²) in [7, 11) is 0. The molecule has 1 aromatic rings. The molecule has 1 aliphatic heterocycles. The van der Waals surface area contributed by atoms with Gasteiger partial charge in [0.05, 0.1) is 0 Å². The molecule has 1 saturated heterocycles. The number of nitrogens with zero attached hydrogens (tertiary/aromatic N) is 3. The van der Waals surface area contributed by atoms with Gasteiger partial charge in [-0.05, 0) is 18.3 Å². The van der Waals surface area contributed by atoms with Crippen LogP contribution in [-0.4, -0.2) is 26.9 Å². The number of amides is 2. The maximum atomic E-state index is 12.3. The Balaban J connectivity index is 1.71. The minimum atomic E-state index is -0.0978. The Hall–Kier alpha value is -1.72. The monoisotopic (exact) mass is 277 g/mol. The molecule has 2 fully saturated rings. The second-order valence-electron chi connectivity index (χ2n) is 5.88. The quantitative estimate of drug-likeness (QED) is 0.788. The second kappa shape index (κ2) is 5.00. The lowest BCUT2D eigenvalue weighted by Gasteiger charge is -2.36. The third-order valence-electron chi connectivity index (χ3n) is 4.42. The molecule has 1 aromatic heterocycles. The molecule has 0 radical (unpaired) electrons. The first-order chi connectivity index (χ1) is 9.62. The van der Waals surface area contributed by atoms with Gasteiger partial charge in [-0.15, -0.1) is 10.2 Å². The molecule has 1 aliphatic carbocycles. The molecule has 2 heterocycles. The van der Waals surface area contributed by atoms with Crippen molar-refractivity contribution in [3.05, 3.63) is 11.8 Å². The van der Waals surface area contributed by atoms with Gasteiger partial charge < -0.3 is 4.42 Å². The van der Waals surface area contributed by atoms with Gasteiger partial charge in [-0.1, -0.05) is 19.8 Å². The molecule has 108 valence electrons. The summed E-state index contributed by atoms with van der Waals surface area (Å²) in [5.74, 6) is 0.675. The summed E-state index contributed by atoms with van der Waals surface area (Å²) >= 11 is 0. The second-order valence-corrected chi connectivity index (χ2v) is 5.88. The van der Waals surface area contributed by atoms with Crippen LogP contribution in [0.5, 0.6) is 0 Å². The summed E-state index contributed by atoms with van der Waals surface area (Å²) in [6.07, 6.45) is 5.87. The van der Waals surface area contributed by atoms with E-state index in [1.54, 1.807) is 0 Å². The highest BCUT2D eigenvalue weighted by Gasteiger charge is 2.45. The maximum Gasteiger partial charge on any atom is 0.236 e. The van der Waals surface area contributed by atoms with E-state index in [-0.39, 0.29) is 23.8 Å². The van der Waals surface area contributed by atoms with Crippen molar-refractivity contribution in [3.63, 3.8) is 0 Å². The summed E-state index contributed by atoms with van der Waals surface area (Å²) in [5.41, 5.74) is -0.0614. The molecule has 0 unspecified atom stereocenters. The fraction of sp³-hybridized carbons (Fsp3) is 0.714. The van der Waals surface area contributed by atoms with Gasteiger partial charge in [-0.25, -0.2) is 0 Å². The van der Waals surface area contributed by atoms with Crippen molar-refractivity contribution in [2.45, 2.75) is 58.4 Å². The number of piperidine rings is 1. The summed E-state index contributed by atoms with van der Waals surface area (Å²) < 4.78 is 5.38. The Morgan fingerprint density at radius 1 is 1.10 bits per heavy atom. The average Bonchev–Trinajstić information content (AvgIpc) is 3.03. The molecule has 0 atom stereocenters. The van der Waals surface area contributed by atoms with E-state index in [4.69, 9.17) is 4.42 Å². The molecule has 6 heteroatoms. The van der Waals surface area contributed by atoms with Crippen LogP contribution in [0.15, 0.2) is 4.42 Å². The first-order valence-electron chi connectivity index (χ1n) is 7.26. The van der Waals surface area contributed by atoms with Gasteiger partial charge in [0, 0.05) is 19.3 Å². The van der Waals surface area contributed by atoms with Gasteiger partial charge in [-0.3, -0.25) is 14.5 Å². The van der Waals surface area contributed by atoms with Crippen LogP contribution in [-0.2, 0) is 22.6 Å². The van der Waals surface area contributed by atoms with Crippen LogP contribution in [0.4, 0.5) is 0 Å². The third kappa shape index (κ3) is 2.34. The molecule has 20 heavy (non-hydrogen) atoms. The zero-order chi connectivity index (χ0) is 14.2. The fourth-order valence-electron chi connectivity index (χ4n) is 3.32. The van der Waals surface area contributed by atoms with E-state index >= 15 is 0 Å². The smallest absolute Gasteiger partial charge is 0.236 e. The Labute approximate surface area is 117 Å². The molecule has 1 saturated carbocycles. The van der Waals surface area contributed by atoms with E-state index in [0.29, 0.717) is 31.0 Å². The predicted molar refractivity (Wildman–Crippen MR) is 69.4 cm³/mol. The summed E-state index contributed by atoms with van der Waals surface area (Å²) in [4.78, 5) is 25.8. The van der Waals surface area contributed by atoms with Crippen LogP contribution in [0.1, 0.15) is 57.2 Å². The zero-order valence-corrected chi connectivity index (χ0v) is 11.7. The largest absolute Gasteiger partial charge is 0.423 e. The van der Waals surface area contributed by atoms with Gasteiger partial charge in [0.2, 0.25) is 23.6 Å². The van der Waals surface area contributed by atoms with Gasteiger partial charge in [-0.2, -0.15) is 0 Å².